The second-order valence-corrected chi connectivity index (χ2v) is 4.13. The average Bonchev–Trinajstić information content (AvgIpc) is 2.39. The van der Waals surface area contributed by atoms with E-state index in [1.54, 1.807) is 0 Å². The molecule has 0 aliphatic rings. The van der Waals surface area contributed by atoms with Crippen molar-refractivity contribution < 1.29 is 5.11 Å². The first-order chi connectivity index (χ1) is 8.20. The van der Waals surface area contributed by atoms with Crippen molar-refractivity contribution >= 4 is 11.6 Å². The molecule has 0 bridgehead atoms. The molecule has 2 aromatic carbocycles. The normalized spacial score (nSPS) is 11.8. The van der Waals surface area contributed by atoms with Crippen molar-refractivity contribution in [1.29, 1.82) is 0 Å². The summed E-state index contributed by atoms with van der Waals surface area (Å²) in [6, 6.07) is 15.1. The van der Waals surface area contributed by atoms with Crippen LogP contribution in [0.15, 0.2) is 48.5 Å². The van der Waals surface area contributed by atoms with Gasteiger partial charge in [0.2, 0.25) is 0 Å². The fourth-order valence-corrected chi connectivity index (χ4v) is 1.72. The molecule has 2 heteroatoms. The SMILES string of the molecule is C#CC(O)c1ccc(-c2ccc(Cl)cc2)cc1. The molecule has 0 saturated heterocycles. The lowest BCUT2D eigenvalue weighted by Gasteiger charge is -2.06. The smallest absolute Gasteiger partial charge is 0.139 e. The third kappa shape index (κ3) is 2.68. The molecule has 2 rings (SSSR count). The van der Waals surface area contributed by atoms with E-state index in [9.17, 15) is 5.11 Å². The first-order valence-electron chi connectivity index (χ1n) is 5.21. The predicted octanol–water partition coefficient (Wildman–Crippen LogP) is 3.67. The van der Waals surface area contributed by atoms with Crippen LogP contribution in [0, 0.1) is 12.3 Å². The van der Waals surface area contributed by atoms with Crippen LogP contribution in [0.1, 0.15) is 11.7 Å². The highest BCUT2D eigenvalue weighted by Gasteiger charge is 2.03. The van der Waals surface area contributed by atoms with E-state index >= 15 is 0 Å². The van der Waals surface area contributed by atoms with E-state index in [0.717, 1.165) is 16.7 Å². The molecule has 1 atom stereocenters. The van der Waals surface area contributed by atoms with Gasteiger partial charge >= 0.3 is 0 Å². The molecule has 1 unspecified atom stereocenters. The fourth-order valence-electron chi connectivity index (χ4n) is 1.60. The summed E-state index contributed by atoms with van der Waals surface area (Å²) in [7, 11) is 0. The Hall–Kier alpha value is -1.75. The molecule has 0 aliphatic carbocycles. The summed E-state index contributed by atoms with van der Waals surface area (Å²) in [4.78, 5) is 0. The van der Waals surface area contributed by atoms with E-state index in [2.05, 4.69) is 5.92 Å². The van der Waals surface area contributed by atoms with E-state index in [-0.39, 0.29) is 0 Å². The van der Waals surface area contributed by atoms with Crippen LogP contribution in [0.2, 0.25) is 5.02 Å². The van der Waals surface area contributed by atoms with Crippen molar-refractivity contribution in [1.82, 2.24) is 0 Å². The van der Waals surface area contributed by atoms with Crippen molar-refractivity contribution in [3.8, 4) is 23.5 Å². The van der Waals surface area contributed by atoms with Gasteiger partial charge in [0.1, 0.15) is 6.10 Å². The van der Waals surface area contributed by atoms with E-state index in [0.29, 0.717) is 5.02 Å². The van der Waals surface area contributed by atoms with Crippen molar-refractivity contribution in [2.75, 3.05) is 0 Å². The Labute approximate surface area is 106 Å². The van der Waals surface area contributed by atoms with Crippen LogP contribution in [-0.2, 0) is 0 Å². The first kappa shape index (κ1) is 11.7. The minimum atomic E-state index is -0.839. The summed E-state index contributed by atoms with van der Waals surface area (Å²) in [5.41, 5.74) is 2.87. The third-order valence-corrected chi connectivity index (χ3v) is 2.81. The molecule has 2 aromatic rings. The highest BCUT2D eigenvalue weighted by molar-refractivity contribution is 6.30. The van der Waals surface area contributed by atoms with Crippen LogP contribution in [0.4, 0.5) is 0 Å². The largest absolute Gasteiger partial charge is 0.376 e. The van der Waals surface area contributed by atoms with Gasteiger partial charge in [0.05, 0.1) is 0 Å². The maximum absolute atomic E-state index is 9.47. The second kappa shape index (κ2) is 5.05. The van der Waals surface area contributed by atoms with E-state index in [1.165, 1.54) is 0 Å². The van der Waals surface area contributed by atoms with Crippen molar-refractivity contribution in [2.45, 2.75) is 6.10 Å². The number of halogens is 1. The summed E-state index contributed by atoms with van der Waals surface area (Å²) in [6.45, 7) is 0. The van der Waals surface area contributed by atoms with Crippen LogP contribution in [-0.4, -0.2) is 5.11 Å². The van der Waals surface area contributed by atoms with Crippen LogP contribution < -0.4 is 0 Å². The van der Waals surface area contributed by atoms with Gasteiger partial charge in [-0.25, -0.2) is 0 Å². The molecule has 0 amide bonds. The molecule has 84 valence electrons. The number of aliphatic hydroxyl groups is 1. The summed E-state index contributed by atoms with van der Waals surface area (Å²) in [5.74, 6) is 2.29. The minimum Gasteiger partial charge on any atom is -0.376 e. The number of aliphatic hydroxyl groups excluding tert-OH is 1. The summed E-state index contributed by atoms with van der Waals surface area (Å²) < 4.78 is 0. The molecule has 1 N–H and O–H groups in total. The van der Waals surface area contributed by atoms with Crippen LogP contribution in [0.25, 0.3) is 11.1 Å². The van der Waals surface area contributed by atoms with Crippen molar-refractivity contribution in [2.24, 2.45) is 0 Å². The quantitative estimate of drug-likeness (QED) is 0.797. The van der Waals surface area contributed by atoms with E-state index in [1.807, 2.05) is 48.5 Å². The molecule has 0 radical (unpaired) electrons. The highest BCUT2D eigenvalue weighted by atomic mass is 35.5. The Balaban J connectivity index is 2.30. The lowest BCUT2D eigenvalue weighted by Crippen LogP contribution is -1.92. The number of terminal acetylenes is 1. The maximum atomic E-state index is 9.47. The molecule has 17 heavy (non-hydrogen) atoms. The lowest BCUT2D eigenvalue weighted by molar-refractivity contribution is 0.238. The summed E-state index contributed by atoms with van der Waals surface area (Å²) in [5, 5.41) is 10.2. The zero-order chi connectivity index (χ0) is 12.3. The van der Waals surface area contributed by atoms with Gasteiger partial charge in [-0.3, -0.25) is 0 Å². The predicted molar refractivity (Wildman–Crippen MR) is 70.7 cm³/mol. The Morgan fingerprint density at radius 1 is 0.941 bits per heavy atom. The minimum absolute atomic E-state index is 0.716. The molecule has 0 saturated carbocycles. The summed E-state index contributed by atoms with van der Waals surface area (Å²) in [6.07, 6.45) is 4.32. The topological polar surface area (TPSA) is 20.2 Å². The van der Waals surface area contributed by atoms with Gasteiger partial charge in [0, 0.05) is 5.02 Å². The van der Waals surface area contributed by atoms with Gasteiger partial charge in [0.15, 0.2) is 0 Å². The number of rotatable bonds is 2. The third-order valence-electron chi connectivity index (χ3n) is 2.56. The Morgan fingerprint density at radius 2 is 1.41 bits per heavy atom. The molecule has 0 heterocycles. The number of hydrogen-bond acceptors (Lipinski definition) is 1. The monoisotopic (exact) mass is 242 g/mol. The molecule has 0 aromatic heterocycles. The molecule has 0 aliphatic heterocycles. The van der Waals surface area contributed by atoms with Gasteiger partial charge in [-0.1, -0.05) is 53.9 Å². The maximum Gasteiger partial charge on any atom is 0.139 e. The molecule has 0 spiro atoms. The Morgan fingerprint density at radius 3 is 1.88 bits per heavy atom. The van der Waals surface area contributed by atoms with Crippen LogP contribution in [0.3, 0.4) is 0 Å². The zero-order valence-corrected chi connectivity index (χ0v) is 9.85. The van der Waals surface area contributed by atoms with Gasteiger partial charge in [-0.05, 0) is 28.8 Å². The molecular weight excluding hydrogens is 232 g/mol. The van der Waals surface area contributed by atoms with Crippen LogP contribution >= 0.6 is 11.6 Å². The highest BCUT2D eigenvalue weighted by Crippen LogP contribution is 2.23. The molecule has 0 fully saturated rings. The van der Waals surface area contributed by atoms with Gasteiger partial charge < -0.3 is 5.11 Å². The average molecular weight is 243 g/mol. The Bertz CT molecular complexity index is 535. The number of benzene rings is 2. The van der Waals surface area contributed by atoms with Crippen molar-refractivity contribution in [3.63, 3.8) is 0 Å². The fraction of sp³-hybridized carbons (Fsp3) is 0.0667. The molecular formula is C15H11ClO. The number of hydrogen-bond donors (Lipinski definition) is 1. The van der Waals surface area contributed by atoms with Crippen LogP contribution in [0.5, 0.6) is 0 Å². The first-order valence-corrected chi connectivity index (χ1v) is 5.58. The van der Waals surface area contributed by atoms with E-state index < -0.39 is 6.10 Å². The Kier molecular flexibility index (Phi) is 3.49. The standard InChI is InChI=1S/C15H11ClO/c1-2-15(17)13-5-3-11(4-6-13)12-7-9-14(16)10-8-12/h1,3-10,15,17H. The lowest BCUT2D eigenvalue weighted by atomic mass is 10.0. The summed E-state index contributed by atoms with van der Waals surface area (Å²) >= 11 is 5.83. The van der Waals surface area contributed by atoms with E-state index in [4.69, 9.17) is 18.0 Å². The second-order valence-electron chi connectivity index (χ2n) is 3.70. The van der Waals surface area contributed by atoms with Crippen molar-refractivity contribution in [3.05, 3.63) is 59.1 Å². The van der Waals surface area contributed by atoms with Gasteiger partial charge in [-0.15, -0.1) is 6.42 Å². The zero-order valence-electron chi connectivity index (χ0n) is 9.10. The molecule has 1 nitrogen and oxygen atoms in total. The van der Waals surface area contributed by atoms with Gasteiger partial charge in [-0.2, -0.15) is 0 Å². The van der Waals surface area contributed by atoms with Gasteiger partial charge in [0.25, 0.3) is 0 Å².